The second kappa shape index (κ2) is 8.73. The van der Waals surface area contributed by atoms with Crippen LogP contribution in [0.3, 0.4) is 0 Å². The van der Waals surface area contributed by atoms with Crippen molar-refractivity contribution in [3.05, 3.63) is 69.6 Å². The molecule has 0 aliphatic carbocycles. The number of aliphatic imine (C=N–C) groups is 1. The molecule has 1 aromatic heterocycles. The topological polar surface area (TPSA) is 124 Å². The molecular formula is C23H24FN5O2S. The first-order chi connectivity index (χ1) is 14.9. The van der Waals surface area contributed by atoms with Crippen LogP contribution in [0.4, 0.5) is 10.1 Å². The molecule has 0 spiro atoms. The van der Waals surface area contributed by atoms with Crippen LogP contribution < -0.4 is 11.1 Å². The maximum absolute atomic E-state index is 14.9. The van der Waals surface area contributed by atoms with Gasteiger partial charge in [0.05, 0.1) is 16.7 Å². The first-order valence-electron chi connectivity index (χ1n) is 9.86. The van der Waals surface area contributed by atoms with E-state index in [9.17, 15) is 14.3 Å². The lowest BCUT2D eigenvalue weighted by Crippen LogP contribution is -2.31. The third-order valence-corrected chi connectivity index (χ3v) is 6.35. The van der Waals surface area contributed by atoms with Crippen molar-refractivity contribution in [1.29, 1.82) is 5.26 Å². The number of nitrogens with one attached hydrogen (secondary N) is 1. The lowest BCUT2D eigenvalue weighted by atomic mass is 9.86. The van der Waals surface area contributed by atoms with Crippen molar-refractivity contribution in [3.63, 3.8) is 0 Å². The van der Waals surface area contributed by atoms with Crippen molar-refractivity contribution in [3.8, 4) is 6.07 Å². The molecule has 0 saturated carbocycles. The quantitative estimate of drug-likeness (QED) is 0.641. The molecule has 1 amide bonds. The molecule has 32 heavy (non-hydrogen) atoms. The van der Waals surface area contributed by atoms with Gasteiger partial charge >= 0.3 is 0 Å². The van der Waals surface area contributed by atoms with Crippen LogP contribution in [0, 0.1) is 17.1 Å². The minimum absolute atomic E-state index is 0.128. The molecule has 0 fully saturated rings. The van der Waals surface area contributed by atoms with Crippen molar-refractivity contribution in [1.82, 2.24) is 4.98 Å². The van der Waals surface area contributed by atoms with Crippen LogP contribution in [-0.4, -0.2) is 26.8 Å². The molecule has 1 atom stereocenters. The fourth-order valence-electron chi connectivity index (χ4n) is 3.29. The number of aromatic nitrogens is 1. The van der Waals surface area contributed by atoms with Gasteiger partial charge in [0.15, 0.2) is 5.17 Å². The summed E-state index contributed by atoms with van der Waals surface area (Å²) in [4.78, 5) is 21.8. The molecule has 166 valence electrons. The average molecular weight is 454 g/mol. The Labute approximate surface area is 190 Å². The van der Waals surface area contributed by atoms with Crippen molar-refractivity contribution in [2.45, 2.75) is 45.3 Å². The molecule has 4 N–H and O–H groups in total. The number of carbonyl (C=O) groups is 1. The molecule has 7 nitrogen and oxygen atoms in total. The van der Waals surface area contributed by atoms with E-state index in [2.05, 4.69) is 15.3 Å². The minimum Gasteiger partial charge on any atom is -0.386 e. The summed E-state index contributed by atoms with van der Waals surface area (Å²) in [6.07, 6.45) is 1.65. The Hall–Kier alpha value is -3.22. The van der Waals surface area contributed by atoms with Gasteiger partial charge in [-0.25, -0.2) is 9.37 Å². The standard InChI is InChI=1S/C23H24FN5O2S/c1-13(22(2,3)31)19-10-23(4,29-21(26)32-19)16-9-15(6-7-17(16)24)28-20(30)18-8-5-14(11-25)12-27-18/h5-9,12,31H,10H2,1-4H3,(H2,26,29)(H,28,30)/b19-13-/t23-/m0/s1. The van der Waals surface area contributed by atoms with Crippen LogP contribution in [0.15, 0.2) is 52.0 Å². The van der Waals surface area contributed by atoms with Gasteiger partial charge in [-0.15, -0.1) is 0 Å². The summed E-state index contributed by atoms with van der Waals surface area (Å²) in [5.41, 5.74) is 5.84. The van der Waals surface area contributed by atoms with Gasteiger partial charge in [-0.3, -0.25) is 9.79 Å². The maximum atomic E-state index is 14.9. The number of nitrogens with zero attached hydrogens (tertiary/aromatic N) is 3. The molecule has 9 heteroatoms. The van der Waals surface area contributed by atoms with Crippen molar-refractivity contribution >= 4 is 28.5 Å². The Balaban J connectivity index is 1.94. The van der Waals surface area contributed by atoms with E-state index in [-0.39, 0.29) is 16.4 Å². The summed E-state index contributed by atoms with van der Waals surface area (Å²) < 4.78 is 14.9. The highest BCUT2D eigenvalue weighted by Gasteiger charge is 2.36. The molecule has 1 aromatic carbocycles. The van der Waals surface area contributed by atoms with Crippen molar-refractivity contribution in [2.24, 2.45) is 10.7 Å². The number of hydrogen-bond donors (Lipinski definition) is 3. The molecule has 3 rings (SSSR count). The fourth-order valence-corrected chi connectivity index (χ4v) is 4.55. The number of amidine groups is 1. The number of nitriles is 1. The predicted molar refractivity (Wildman–Crippen MR) is 123 cm³/mol. The Bertz CT molecular complexity index is 1160. The number of pyridine rings is 1. The summed E-state index contributed by atoms with van der Waals surface area (Å²) in [5.74, 6) is -0.969. The van der Waals surface area contributed by atoms with E-state index in [1.54, 1.807) is 20.8 Å². The van der Waals surface area contributed by atoms with Crippen LogP contribution >= 0.6 is 11.8 Å². The number of rotatable bonds is 4. The highest BCUT2D eigenvalue weighted by Crippen LogP contribution is 2.45. The lowest BCUT2D eigenvalue weighted by Gasteiger charge is -2.34. The maximum Gasteiger partial charge on any atom is 0.274 e. The molecule has 2 aromatic rings. The normalized spacial score (nSPS) is 20.2. The van der Waals surface area contributed by atoms with Crippen LogP contribution in [0.25, 0.3) is 0 Å². The molecule has 0 saturated heterocycles. The lowest BCUT2D eigenvalue weighted by molar-refractivity contribution is 0.102. The van der Waals surface area contributed by atoms with Gasteiger partial charge < -0.3 is 16.2 Å². The summed E-state index contributed by atoms with van der Waals surface area (Å²) >= 11 is 1.26. The third kappa shape index (κ3) is 4.98. The zero-order valence-corrected chi connectivity index (χ0v) is 19.0. The van der Waals surface area contributed by atoms with Gasteiger partial charge in [-0.2, -0.15) is 5.26 Å². The number of halogens is 1. The fraction of sp³-hybridized carbons (Fsp3) is 0.304. The van der Waals surface area contributed by atoms with Gasteiger partial charge in [0.25, 0.3) is 5.91 Å². The van der Waals surface area contributed by atoms with E-state index in [1.807, 2.05) is 13.0 Å². The van der Waals surface area contributed by atoms with Gasteiger partial charge in [0, 0.05) is 23.9 Å². The van der Waals surface area contributed by atoms with Gasteiger partial charge in [-0.1, -0.05) is 11.8 Å². The largest absolute Gasteiger partial charge is 0.386 e. The molecule has 0 unspecified atom stereocenters. The number of aliphatic hydroxyl groups is 1. The Morgan fingerprint density at radius 1 is 1.38 bits per heavy atom. The number of amides is 1. The highest BCUT2D eigenvalue weighted by molar-refractivity contribution is 8.17. The summed E-state index contributed by atoms with van der Waals surface area (Å²) in [5, 5.41) is 22.2. The molecule has 2 heterocycles. The van der Waals surface area contributed by atoms with E-state index in [1.165, 1.54) is 48.3 Å². The Morgan fingerprint density at radius 3 is 2.69 bits per heavy atom. The van der Waals surface area contributed by atoms with Gasteiger partial charge in [0.2, 0.25) is 0 Å². The van der Waals surface area contributed by atoms with Gasteiger partial charge in [-0.05, 0) is 68.5 Å². The second-order valence-corrected chi connectivity index (χ2v) is 9.42. The summed E-state index contributed by atoms with van der Waals surface area (Å²) in [6, 6.07) is 9.13. The van der Waals surface area contributed by atoms with Crippen molar-refractivity contribution < 1.29 is 14.3 Å². The highest BCUT2D eigenvalue weighted by atomic mass is 32.2. The van der Waals surface area contributed by atoms with E-state index >= 15 is 0 Å². The van der Waals surface area contributed by atoms with Crippen LogP contribution in [0.2, 0.25) is 0 Å². The van der Waals surface area contributed by atoms with E-state index < -0.39 is 22.9 Å². The Morgan fingerprint density at radius 2 is 2.09 bits per heavy atom. The smallest absolute Gasteiger partial charge is 0.274 e. The van der Waals surface area contributed by atoms with Gasteiger partial charge in [0.1, 0.15) is 17.6 Å². The number of carbonyl (C=O) groups excluding carboxylic acids is 1. The molecule has 1 aliphatic rings. The van der Waals surface area contributed by atoms with E-state index in [4.69, 9.17) is 11.0 Å². The zero-order chi connectivity index (χ0) is 23.7. The molecule has 1 aliphatic heterocycles. The first kappa shape index (κ1) is 23.4. The Kier molecular flexibility index (Phi) is 6.39. The number of nitrogens with two attached hydrogens (primary N) is 1. The summed E-state index contributed by atoms with van der Waals surface area (Å²) in [7, 11) is 0. The van der Waals surface area contributed by atoms with Crippen LogP contribution in [-0.2, 0) is 5.54 Å². The monoisotopic (exact) mass is 453 g/mol. The third-order valence-electron chi connectivity index (χ3n) is 5.36. The zero-order valence-electron chi connectivity index (χ0n) is 18.2. The molecule has 0 radical (unpaired) electrons. The molecular weight excluding hydrogens is 429 g/mol. The van der Waals surface area contributed by atoms with E-state index in [0.717, 1.165) is 10.5 Å². The number of thioether (sulfide) groups is 1. The SMILES string of the molecule is C/C(=C1\C[C@@](C)(c2cc(NC(=O)c3ccc(C#N)cn3)ccc2F)N=C(N)S1)C(C)(C)O. The number of benzene rings is 1. The van der Waals surface area contributed by atoms with Crippen molar-refractivity contribution in [2.75, 3.05) is 5.32 Å². The average Bonchev–Trinajstić information content (AvgIpc) is 2.73. The van der Waals surface area contributed by atoms with E-state index in [0.29, 0.717) is 17.7 Å². The first-order valence-corrected chi connectivity index (χ1v) is 10.7. The predicted octanol–water partition coefficient (Wildman–Crippen LogP) is 4.06. The summed E-state index contributed by atoms with van der Waals surface area (Å²) in [6.45, 7) is 6.95. The number of anilines is 1. The number of hydrogen-bond acceptors (Lipinski definition) is 7. The minimum atomic E-state index is -1.05. The second-order valence-electron chi connectivity index (χ2n) is 8.30. The van der Waals surface area contributed by atoms with Crippen LogP contribution in [0.1, 0.15) is 55.7 Å². The molecule has 0 bridgehead atoms. The van der Waals surface area contributed by atoms with Crippen LogP contribution in [0.5, 0.6) is 0 Å².